The van der Waals surface area contributed by atoms with Crippen LogP contribution in [0, 0.1) is 11.8 Å². The molecule has 1 N–H and O–H groups in total. The summed E-state index contributed by atoms with van der Waals surface area (Å²) in [4.78, 5) is 30.5. The average molecular weight is 350 g/mol. The van der Waals surface area contributed by atoms with Gasteiger partial charge in [-0.1, -0.05) is 19.0 Å². The Hall–Kier alpha value is -1.96. The largest absolute Gasteiger partial charge is 0.381 e. The molecule has 25 heavy (non-hydrogen) atoms. The Morgan fingerprint density at radius 2 is 2.04 bits per heavy atom. The summed E-state index contributed by atoms with van der Waals surface area (Å²) in [6.45, 7) is 5.76. The molecule has 0 aliphatic carbocycles. The van der Waals surface area contributed by atoms with Crippen LogP contribution in [0.15, 0.2) is 4.52 Å². The first-order chi connectivity index (χ1) is 12.0. The SMILES string of the molecule is CC(C)c1noc([C@@H](NC(=O)[C@@H]2CC(=O)N(C)C2)C2CCOCC2)n1. The lowest BCUT2D eigenvalue weighted by Crippen LogP contribution is -2.40. The van der Waals surface area contributed by atoms with Crippen molar-refractivity contribution in [3.63, 3.8) is 0 Å². The number of carbonyl (C=O) groups is 2. The summed E-state index contributed by atoms with van der Waals surface area (Å²) in [5, 5.41) is 7.10. The second-order valence-corrected chi connectivity index (χ2v) is 7.26. The Morgan fingerprint density at radius 3 is 2.60 bits per heavy atom. The third-order valence-corrected chi connectivity index (χ3v) is 4.99. The first-order valence-corrected chi connectivity index (χ1v) is 8.91. The lowest BCUT2D eigenvalue weighted by molar-refractivity contribution is -0.129. The molecule has 0 spiro atoms. The first kappa shape index (κ1) is 17.8. The number of ether oxygens (including phenoxy) is 1. The molecule has 2 aliphatic heterocycles. The Morgan fingerprint density at radius 1 is 1.32 bits per heavy atom. The highest BCUT2D eigenvalue weighted by Crippen LogP contribution is 2.31. The predicted molar refractivity (Wildman–Crippen MR) is 88.6 cm³/mol. The van der Waals surface area contributed by atoms with Gasteiger partial charge in [-0.15, -0.1) is 0 Å². The van der Waals surface area contributed by atoms with Gasteiger partial charge < -0.3 is 19.5 Å². The van der Waals surface area contributed by atoms with Crippen LogP contribution in [0.1, 0.15) is 56.8 Å². The van der Waals surface area contributed by atoms with E-state index in [2.05, 4.69) is 15.5 Å². The molecule has 2 atom stereocenters. The summed E-state index contributed by atoms with van der Waals surface area (Å²) >= 11 is 0. The fraction of sp³-hybridized carbons (Fsp3) is 0.765. The average Bonchev–Trinajstić information content (AvgIpc) is 3.21. The van der Waals surface area contributed by atoms with Gasteiger partial charge in [-0.3, -0.25) is 9.59 Å². The molecule has 8 heteroatoms. The van der Waals surface area contributed by atoms with Crippen molar-refractivity contribution in [3.05, 3.63) is 11.7 Å². The molecule has 8 nitrogen and oxygen atoms in total. The molecule has 0 unspecified atom stereocenters. The van der Waals surface area contributed by atoms with Crippen LogP contribution in [0.4, 0.5) is 0 Å². The maximum absolute atomic E-state index is 12.7. The van der Waals surface area contributed by atoms with E-state index in [1.165, 1.54) is 0 Å². The number of hydrogen-bond acceptors (Lipinski definition) is 6. The van der Waals surface area contributed by atoms with Gasteiger partial charge in [-0.25, -0.2) is 0 Å². The molecule has 138 valence electrons. The molecule has 2 fully saturated rings. The Bertz CT molecular complexity index is 624. The van der Waals surface area contributed by atoms with Crippen LogP contribution in [0.3, 0.4) is 0 Å². The topological polar surface area (TPSA) is 97.6 Å². The normalized spacial score (nSPS) is 23.3. The van der Waals surface area contributed by atoms with Crippen LogP contribution in [-0.4, -0.2) is 53.7 Å². The zero-order valence-electron chi connectivity index (χ0n) is 15.0. The Kier molecular flexibility index (Phi) is 5.36. The number of nitrogens with zero attached hydrogens (tertiary/aromatic N) is 3. The molecular formula is C17H26N4O4. The number of rotatable bonds is 5. The summed E-state index contributed by atoms with van der Waals surface area (Å²) in [6, 6.07) is -0.336. The highest BCUT2D eigenvalue weighted by atomic mass is 16.5. The molecule has 0 bridgehead atoms. The van der Waals surface area contributed by atoms with Crippen molar-refractivity contribution in [2.75, 3.05) is 26.8 Å². The number of carbonyl (C=O) groups excluding carboxylic acids is 2. The van der Waals surface area contributed by atoms with E-state index >= 15 is 0 Å². The van der Waals surface area contributed by atoms with Crippen molar-refractivity contribution in [1.82, 2.24) is 20.4 Å². The molecule has 2 saturated heterocycles. The maximum Gasteiger partial charge on any atom is 0.249 e. The summed E-state index contributed by atoms with van der Waals surface area (Å²) in [5.41, 5.74) is 0. The van der Waals surface area contributed by atoms with Gasteiger partial charge in [0.25, 0.3) is 0 Å². The van der Waals surface area contributed by atoms with E-state index in [9.17, 15) is 9.59 Å². The second kappa shape index (κ2) is 7.51. The molecule has 3 heterocycles. The van der Waals surface area contributed by atoms with Crippen molar-refractivity contribution >= 4 is 11.8 Å². The molecule has 2 amide bonds. The lowest BCUT2D eigenvalue weighted by Gasteiger charge is -2.29. The van der Waals surface area contributed by atoms with Gasteiger partial charge in [0.1, 0.15) is 6.04 Å². The molecule has 0 saturated carbocycles. The number of hydrogen-bond donors (Lipinski definition) is 1. The number of aromatic nitrogens is 2. The van der Waals surface area contributed by atoms with E-state index < -0.39 is 0 Å². The third-order valence-electron chi connectivity index (χ3n) is 4.99. The molecular weight excluding hydrogens is 324 g/mol. The van der Waals surface area contributed by atoms with Crippen LogP contribution < -0.4 is 5.32 Å². The minimum absolute atomic E-state index is 0.00245. The summed E-state index contributed by atoms with van der Waals surface area (Å²) in [7, 11) is 1.72. The molecule has 0 radical (unpaired) electrons. The van der Waals surface area contributed by atoms with Crippen LogP contribution in [-0.2, 0) is 14.3 Å². The first-order valence-electron chi connectivity index (χ1n) is 8.91. The molecule has 0 aromatic carbocycles. The van der Waals surface area contributed by atoms with Gasteiger partial charge in [-0.05, 0) is 18.8 Å². The van der Waals surface area contributed by atoms with E-state index in [4.69, 9.17) is 9.26 Å². The van der Waals surface area contributed by atoms with Crippen molar-refractivity contribution < 1.29 is 18.8 Å². The van der Waals surface area contributed by atoms with E-state index in [1.54, 1.807) is 11.9 Å². The van der Waals surface area contributed by atoms with Gasteiger partial charge in [0.2, 0.25) is 17.7 Å². The fourth-order valence-corrected chi connectivity index (χ4v) is 3.35. The van der Waals surface area contributed by atoms with Gasteiger partial charge in [0.05, 0.1) is 5.92 Å². The van der Waals surface area contributed by atoms with Gasteiger partial charge >= 0.3 is 0 Å². The second-order valence-electron chi connectivity index (χ2n) is 7.26. The predicted octanol–water partition coefficient (Wildman–Crippen LogP) is 1.26. The van der Waals surface area contributed by atoms with Crippen molar-refractivity contribution in [3.8, 4) is 0 Å². The number of nitrogens with one attached hydrogen (secondary N) is 1. The van der Waals surface area contributed by atoms with Crippen LogP contribution >= 0.6 is 0 Å². The third kappa shape index (κ3) is 4.00. The van der Waals surface area contributed by atoms with Gasteiger partial charge in [0.15, 0.2) is 5.82 Å². The number of likely N-dealkylation sites (tertiary alicyclic amines) is 1. The van der Waals surface area contributed by atoms with Gasteiger partial charge in [0, 0.05) is 39.1 Å². The lowest BCUT2D eigenvalue weighted by atomic mass is 9.91. The Labute approximate surface area is 147 Å². The van der Waals surface area contributed by atoms with Crippen LogP contribution in [0.5, 0.6) is 0 Å². The monoisotopic (exact) mass is 350 g/mol. The van der Waals surface area contributed by atoms with E-state index in [1.807, 2.05) is 13.8 Å². The van der Waals surface area contributed by atoms with Gasteiger partial charge in [-0.2, -0.15) is 4.98 Å². The fourth-order valence-electron chi connectivity index (χ4n) is 3.35. The number of amides is 2. The van der Waals surface area contributed by atoms with Crippen molar-refractivity contribution in [1.29, 1.82) is 0 Å². The quantitative estimate of drug-likeness (QED) is 0.858. The smallest absolute Gasteiger partial charge is 0.249 e. The molecule has 1 aromatic rings. The standard InChI is InChI=1S/C17H26N4O4/c1-10(2)15-19-17(25-20-15)14(11-4-6-24-7-5-11)18-16(23)12-8-13(22)21(3)9-12/h10-12,14H,4-9H2,1-3H3,(H,18,23)/t12-,14+/m1/s1. The van der Waals surface area contributed by atoms with E-state index in [-0.39, 0.29) is 42.0 Å². The zero-order chi connectivity index (χ0) is 18.0. The maximum atomic E-state index is 12.7. The highest BCUT2D eigenvalue weighted by Gasteiger charge is 2.37. The van der Waals surface area contributed by atoms with Crippen molar-refractivity contribution in [2.24, 2.45) is 11.8 Å². The Balaban J connectivity index is 1.76. The highest BCUT2D eigenvalue weighted by molar-refractivity contribution is 5.89. The van der Waals surface area contributed by atoms with Crippen molar-refractivity contribution in [2.45, 2.75) is 45.1 Å². The summed E-state index contributed by atoms with van der Waals surface area (Å²) in [5.74, 6) is 0.977. The molecule has 2 aliphatic rings. The minimum Gasteiger partial charge on any atom is -0.381 e. The van der Waals surface area contributed by atoms with E-state index in [0.717, 1.165) is 12.8 Å². The minimum atomic E-state index is -0.336. The van der Waals surface area contributed by atoms with Crippen LogP contribution in [0.25, 0.3) is 0 Å². The zero-order valence-corrected chi connectivity index (χ0v) is 15.0. The van der Waals surface area contributed by atoms with Crippen LogP contribution in [0.2, 0.25) is 0 Å². The summed E-state index contributed by atoms with van der Waals surface area (Å²) in [6.07, 6.45) is 1.91. The summed E-state index contributed by atoms with van der Waals surface area (Å²) < 4.78 is 10.9. The van der Waals surface area contributed by atoms with E-state index in [0.29, 0.717) is 31.5 Å². The molecule has 3 rings (SSSR count). The molecule has 1 aromatic heterocycles.